The van der Waals surface area contributed by atoms with Gasteiger partial charge < -0.3 is 10.2 Å². The summed E-state index contributed by atoms with van der Waals surface area (Å²) in [6.07, 6.45) is 0. The Bertz CT molecular complexity index is 331. The number of rotatable bonds is 5. The molecule has 2 N–H and O–H groups in total. The minimum Gasteiger partial charge on any atom is -0.508 e. The Morgan fingerprint density at radius 1 is 1.25 bits per heavy atom. The van der Waals surface area contributed by atoms with Crippen LogP contribution in [0.4, 0.5) is 0 Å². The average molecular weight is 223 g/mol. The molecule has 90 valence electrons. The van der Waals surface area contributed by atoms with Gasteiger partial charge in [-0.1, -0.05) is 25.1 Å². The molecule has 0 spiro atoms. The van der Waals surface area contributed by atoms with E-state index in [0.717, 1.165) is 12.1 Å². The molecule has 0 saturated heterocycles. The van der Waals surface area contributed by atoms with Gasteiger partial charge in [0.2, 0.25) is 0 Å². The fraction of sp³-hybridized carbons (Fsp3) is 0.538. The molecule has 0 aliphatic carbocycles. The Morgan fingerprint density at radius 3 is 2.38 bits per heavy atom. The molecule has 0 unspecified atom stereocenters. The molecule has 0 aliphatic heterocycles. The molecule has 0 fully saturated rings. The Labute approximate surface area is 97.3 Å². The van der Waals surface area contributed by atoms with E-state index in [1.807, 2.05) is 25.1 Å². The molecule has 3 nitrogen and oxygen atoms in total. The van der Waals surface area contributed by atoms with Crippen molar-refractivity contribution in [2.45, 2.75) is 32.9 Å². The molecule has 0 amide bonds. The number of benzene rings is 1. The molecule has 0 bridgehead atoms. The molecule has 0 saturated carbocycles. The van der Waals surface area contributed by atoms with Crippen LogP contribution in [0.3, 0.4) is 0 Å². The first-order valence-corrected chi connectivity index (χ1v) is 5.64. The van der Waals surface area contributed by atoms with Gasteiger partial charge in [-0.2, -0.15) is 0 Å². The van der Waals surface area contributed by atoms with Gasteiger partial charge in [-0.3, -0.25) is 4.90 Å². The zero-order valence-corrected chi connectivity index (χ0v) is 10.3. The maximum absolute atomic E-state index is 9.76. The molecule has 16 heavy (non-hydrogen) atoms. The van der Waals surface area contributed by atoms with Crippen molar-refractivity contribution in [2.24, 2.45) is 0 Å². The van der Waals surface area contributed by atoms with E-state index < -0.39 is 5.60 Å². The number of aliphatic hydroxyl groups is 1. The van der Waals surface area contributed by atoms with Gasteiger partial charge in [0.25, 0.3) is 0 Å². The number of hydrogen-bond acceptors (Lipinski definition) is 3. The summed E-state index contributed by atoms with van der Waals surface area (Å²) in [6.45, 7) is 7.73. The fourth-order valence-electron chi connectivity index (χ4n) is 1.71. The maximum Gasteiger partial charge on any atom is 0.120 e. The summed E-state index contributed by atoms with van der Waals surface area (Å²) in [5.41, 5.74) is 0.189. The van der Waals surface area contributed by atoms with E-state index in [4.69, 9.17) is 0 Å². The first kappa shape index (κ1) is 13.0. The quantitative estimate of drug-likeness (QED) is 0.802. The molecule has 0 aliphatic rings. The van der Waals surface area contributed by atoms with Gasteiger partial charge in [0.1, 0.15) is 5.75 Å². The molecule has 1 rings (SSSR count). The van der Waals surface area contributed by atoms with Crippen LogP contribution in [0.15, 0.2) is 24.3 Å². The van der Waals surface area contributed by atoms with Crippen molar-refractivity contribution >= 4 is 0 Å². The minimum atomic E-state index is -0.708. The number of para-hydroxylation sites is 1. The van der Waals surface area contributed by atoms with Crippen LogP contribution in [0.1, 0.15) is 26.3 Å². The number of phenolic OH excluding ortho intramolecular Hbond substituents is 1. The molecular formula is C13H21NO2. The van der Waals surface area contributed by atoms with E-state index in [1.165, 1.54) is 0 Å². The first-order valence-electron chi connectivity index (χ1n) is 5.64. The van der Waals surface area contributed by atoms with Gasteiger partial charge in [-0.25, -0.2) is 0 Å². The van der Waals surface area contributed by atoms with Gasteiger partial charge in [0.05, 0.1) is 5.60 Å². The van der Waals surface area contributed by atoms with E-state index in [0.29, 0.717) is 18.8 Å². The van der Waals surface area contributed by atoms with Crippen LogP contribution in [0.2, 0.25) is 0 Å². The normalized spacial score (nSPS) is 12.1. The molecule has 0 atom stereocenters. The lowest BCUT2D eigenvalue weighted by Crippen LogP contribution is -2.38. The van der Waals surface area contributed by atoms with Gasteiger partial charge in [0.15, 0.2) is 0 Å². The van der Waals surface area contributed by atoms with E-state index in [9.17, 15) is 10.2 Å². The van der Waals surface area contributed by atoms with Gasteiger partial charge >= 0.3 is 0 Å². The van der Waals surface area contributed by atoms with Gasteiger partial charge in [-0.05, 0) is 26.5 Å². The van der Waals surface area contributed by atoms with Crippen LogP contribution >= 0.6 is 0 Å². The summed E-state index contributed by atoms with van der Waals surface area (Å²) in [7, 11) is 0. The second kappa shape index (κ2) is 5.32. The third-order valence-electron chi connectivity index (χ3n) is 2.44. The summed E-state index contributed by atoms with van der Waals surface area (Å²) < 4.78 is 0. The summed E-state index contributed by atoms with van der Waals surface area (Å²) >= 11 is 0. The smallest absolute Gasteiger partial charge is 0.120 e. The largest absolute Gasteiger partial charge is 0.508 e. The van der Waals surface area contributed by atoms with Crippen LogP contribution in [0.25, 0.3) is 0 Å². The van der Waals surface area contributed by atoms with Crippen molar-refractivity contribution in [3.8, 4) is 5.75 Å². The summed E-state index contributed by atoms with van der Waals surface area (Å²) in [5.74, 6) is 0.316. The third kappa shape index (κ3) is 4.21. The van der Waals surface area contributed by atoms with Crippen LogP contribution in [-0.4, -0.2) is 33.8 Å². The summed E-state index contributed by atoms with van der Waals surface area (Å²) in [6, 6.07) is 7.31. The van der Waals surface area contributed by atoms with Gasteiger partial charge in [-0.15, -0.1) is 0 Å². The highest BCUT2D eigenvalue weighted by atomic mass is 16.3. The summed E-state index contributed by atoms with van der Waals surface area (Å²) in [4.78, 5) is 2.11. The fourth-order valence-corrected chi connectivity index (χ4v) is 1.71. The topological polar surface area (TPSA) is 43.7 Å². The van der Waals surface area contributed by atoms with Crippen molar-refractivity contribution in [1.82, 2.24) is 4.90 Å². The predicted octanol–water partition coefficient (Wildman–Crippen LogP) is 1.98. The number of phenols is 1. The number of hydrogen-bond donors (Lipinski definition) is 2. The van der Waals surface area contributed by atoms with Crippen LogP contribution in [0.5, 0.6) is 5.75 Å². The van der Waals surface area contributed by atoms with Gasteiger partial charge in [0, 0.05) is 18.7 Å². The zero-order chi connectivity index (χ0) is 12.2. The molecule has 1 aromatic carbocycles. The van der Waals surface area contributed by atoms with Crippen molar-refractivity contribution in [2.75, 3.05) is 13.1 Å². The third-order valence-corrected chi connectivity index (χ3v) is 2.44. The average Bonchev–Trinajstić information content (AvgIpc) is 2.18. The monoisotopic (exact) mass is 223 g/mol. The standard InChI is InChI=1S/C13H21NO2/c1-4-14(10-13(2,3)16)9-11-7-5-6-8-12(11)15/h5-8,15-16H,4,9-10H2,1-3H3. The van der Waals surface area contributed by atoms with E-state index in [1.54, 1.807) is 19.9 Å². The van der Waals surface area contributed by atoms with Crippen molar-refractivity contribution in [3.05, 3.63) is 29.8 Å². The van der Waals surface area contributed by atoms with Crippen LogP contribution < -0.4 is 0 Å². The lowest BCUT2D eigenvalue weighted by molar-refractivity contribution is 0.0351. The first-order chi connectivity index (χ1) is 7.42. The highest BCUT2D eigenvalue weighted by Crippen LogP contribution is 2.18. The number of nitrogens with zero attached hydrogens (tertiary/aromatic N) is 1. The second-order valence-electron chi connectivity index (χ2n) is 4.74. The van der Waals surface area contributed by atoms with E-state index in [-0.39, 0.29) is 0 Å². The molecule has 0 aromatic heterocycles. The van der Waals surface area contributed by atoms with Crippen molar-refractivity contribution in [3.63, 3.8) is 0 Å². The number of likely N-dealkylation sites (N-methyl/N-ethyl adjacent to an activating group) is 1. The molecule has 0 heterocycles. The van der Waals surface area contributed by atoms with E-state index in [2.05, 4.69) is 4.90 Å². The Morgan fingerprint density at radius 2 is 1.88 bits per heavy atom. The molecular weight excluding hydrogens is 202 g/mol. The van der Waals surface area contributed by atoms with Crippen molar-refractivity contribution in [1.29, 1.82) is 0 Å². The summed E-state index contributed by atoms with van der Waals surface area (Å²) in [5, 5.41) is 19.4. The Hall–Kier alpha value is -1.06. The predicted molar refractivity (Wildman–Crippen MR) is 65.4 cm³/mol. The molecule has 1 aromatic rings. The van der Waals surface area contributed by atoms with Crippen LogP contribution in [0, 0.1) is 0 Å². The zero-order valence-electron chi connectivity index (χ0n) is 10.3. The lowest BCUT2D eigenvalue weighted by Gasteiger charge is -2.28. The lowest BCUT2D eigenvalue weighted by atomic mass is 10.1. The maximum atomic E-state index is 9.76. The SMILES string of the molecule is CCN(Cc1ccccc1O)CC(C)(C)O. The van der Waals surface area contributed by atoms with Crippen molar-refractivity contribution < 1.29 is 10.2 Å². The molecule has 3 heteroatoms. The van der Waals surface area contributed by atoms with E-state index >= 15 is 0 Å². The minimum absolute atomic E-state index is 0.316. The Kier molecular flexibility index (Phi) is 4.33. The Balaban J connectivity index is 2.67. The molecule has 0 radical (unpaired) electrons. The highest BCUT2D eigenvalue weighted by molar-refractivity contribution is 5.31. The second-order valence-corrected chi connectivity index (χ2v) is 4.74. The number of aromatic hydroxyl groups is 1. The van der Waals surface area contributed by atoms with Crippen LogP contribution in [-0.2, 0) is 6.54 Å². The highest BCUT2D eigenvalue weighted by Gasteiger charge is 2.17.